The lowest BCUT2D eigenvalue weighted by Gasteiger charge is -2.18. The van der Waals surface area contributed by atoms with Gasteiger partial charge in [0.2, 0.25) is 5.09 Å². The number of anilines is 1. The van der Waals surface area contributed by atoms with E-state index in [0.29, 0.717) is 0 Å². The van der Waals surface area contributed by atoms with Gasteiger partial charge < -0.3 is 9.52 Å². The smallest absolute Gasteiger partial charge is 0.297 e. The fourth-order valence-electron chi connectivity index (χ4n) is 1.55. The first-order valence-electron chi connectivity index (χ1n) is 5.40. The van der Waals surface area contributed by atoms with E-state index in [9.17, 15) is 12.8 Å². The fourth-order valence-corrected chi connectivity index (χ4v) is 2.68. The maximum Gasteiger partial charge on any atom is 0.297 e. The molecule has 1 heterocycles. The molecular weight excluding hydrogens is 273 g/mol. The van der Waals surface area contributed by atoms with Crippen LogP contribution in [0.2, 0.25) is 0 Å². The Bertz CT molecular complexity index is 681. The number of aliphatic hydroxyl groups is 1. The van der Waals surface area contributed by atoms with Gasteiger partial charge in [-0.25, -0.2) is 4.39 Å². The first kappa shape index (κ1) is 13.6. The predicted octanol–water partition coefficient (Wildman–Crippen LogP) is 1.74. The van der Waals surface area contributed by atoms with Crippen LogP contribution in [0, 0.1) is 5.82 Å². The SMILES string of the molecule is CN(c1ccccc1F)S(=O)(=O)c1ccc(CO)o1. The summed E-state index contributed by atoms with van der Waals surface area (Å²) in [5.41, 5.74) is -0.0792. The molecular formula is C12H12FNO4S. The quantitative estimate of drug-likeness (QED) is 0.928. The molecule has 0 bridgehead atoms. The summed E-state index contributed by atoms with van der Waals surface area (Å²) in [6, 6.07) is 8.09. The highest BCUT2D eigenvalue weighted by Gasteiger charge is 2.26. The molecule has 102 valence electrons. The zero-order chi connectivity index (χ0) is 14.0. The standard InChI is InChI=1S/C12H12FNO4S/c1-14(11-5-3-2-4-10(11)13)19(16,17)12-7-6-9(8-15)18-12/h2-7,15H,8H2,1H3. The summed E-state index contributed by atoms with van der Waals surface area (Å²) >= 11 is 0. The minimum Gasteiger partial charge on any atom is -0.445 e. The second-order valence-corrected chi connectivity index (χ2v) is 5.70. The summed E-state index contributed by atoms with van der Waals surface area (Å²) in [4.78, 5) is 0. The van der Waals surface area contributed by atoms with Crippen LogP contribution in [0.15, 0.2) is 45.9 Å². The average molecular weight is 285 g/mol. The lowest BCUT2D eigenvalue weighted by atomic mass is 10.3. The zero-order valence-corrected chi connectivity index (χ0v) is 10.9. The molecule has 0 aliphatic rings. The van der Waals surface area contributed by atoms with Crippen molar-refractivity contribution in [2.24, 2.45) is 0 Å². The zero-order valence-electron chi connectivity index (χ0n) is 10.1. The number of nitrogens with zero attached hydrogens (tertiary/aromatic N) is 1. The van der Waals surface area contributed by atoms with Crippen molar-refractivity contribution in [3.05, 3.63) is 48.0 Å². The van der Waals surface area contributed by atoms with Crippen molar-refractivity contribution in [3.8, 4) is 0 Å². The van der Waals surface area contributed by atoms with E-state index in [2.05, 4.69) is 0 Å². The Labute approximate surface area is 109 Å². The van der Waals surface area contributed by atoms with Gasteiger partial charge >= 0.3 is 0 Å². The van der Waals surface area contributed by atoms with E-state index < -0.39 is 22.4 Å². The van der Waals surface area contributed by atoms with Crippen LogP contribution in [-0.2, 0) is 16.6 Å². The van der Waals surface area contributed by atoms with E-state index in [0.717, 1.165) is 4.31 Å². The van der Waals surface area contributed by atoms with E-state index in [1.54, 1.807) is 0 Å². The van der Waals surface area contributed by atoms with Crippen LogP contribution in [0.5, 0.6) is 0 Å². The van der Waals surface area contributed by atoms with E-state index in [1.165, 1.54) is 43.4 Å². The first-order valence-corrected chi connectivity index (χ1v) is 6.84. The Balaban J connectivity index is 2.42. The maximum atomic E-state index is 13.6. The van der Waals surface area contributed by atoms with Crippen LogP contribution in [0.1, 0.15) is 5.76 Å². The van der Waals surface area contributed by atoms with Crippen molar-refractivity contribution in [3.63, 3.8) is 0 Å². The summed E-state index contributed by atoms with van der Waals surface area (Å²) in [5.74, 6) is -0.525. The third-order valence-corrected chi connectivity index (χ3v) is 4.24. The minimum absolute atomic E-state index is 0.0792. The minimum atomic E-state index is -3.99. The summed E-state index contributed by atoms with van der Waals surface area (Å²) in [6.07, 6.45) is 0. The second-order valence-electron chi connectivity index (χ2n) is 3.80. The number of para-hydroxylation sites is 1. The molecule has 1 aromatic carbocycles. The van der Waals surface area contributed by atoms with Gasteiger partial charge in [-0.05, 0) is 24.3 Å². The molecule has 1 aromatic heterocycles. The van der Waals surface area contributed by atoms with Crippen molar-refractivity contribution >= 4 is 15.7 Å². The van der Waals surface area contributed by atoms with Crippen molar-refractivity contribution in [2.75, 3.05) is 11.4 Å². The van der Waals surface area contributed by atoms with Gasteiger partial charge in [0.1, 0.15) is 18.2 Å². The van der Waals surface area contributed by atoms with E-state index in [1.807, 2.05) is 0 Å². The van der Waals surface area contributed by atoms with Gasteiger partial charge in [-0.15, -0.1) is 0 Å². The van der Waals surface area contributed by atoms with Crippen molar-refractivity contribution < 1.29 is 22.3 Å². The molecule has 0 fully saturated rings. The van der Waals surface area contributed by atoms with Gasteiger partial charge in [0, 0.05) is 7.05 Å². The van der Waals surface area contributed by atoms with Gasteiger partial charge in [-0.2, -0.15) is 8.42 Å². The Hall–Kier alpha value is -1.86. The third-order valence-electron chi connectivity index (χ3n) is 2.60. The molecule has 0 atom stereocenters. The lowest BCUT2D eigenvalue weighted by molar-refractivity contribution is 0.236. The highest BCUT2D eigenvalue weighted by atomic mass is 32.2. The molecule has 5 nitrogen and oxygen atoms in total. The van der Waals surface area contributed by atoms with Crippen molar-refractivity contribution in [2.45, 2.75) is 11.7 Å². The third kappa shape index (κ3) is 2.47. The number of sulfonamides is 1. The molecule has 19 heavy (non-hydrogen) atoms. The molecule has 1 N–H and O–H groups in total. The topological polar surface area (TPSA) is 70.8 Å². The number of aliphatic hydroxyl groups excluding tert-OH is 1. The largest absolute Gasteiger partial charge is 0.445 e. The highest BCUT2D eigenvalue weighted by molar-refractivity contribution is 7.92. The van der Waals surface area contributed by atoms with Crippen LogP contribution in [0.3, 0.4) is 0 Å². The first-order chi connectivity index (χ1) is 8.96. The molecule has 0 aliphatic carbocycles. The Morgan fingerprint density at radius 2 is 1.95 bits per heavy atom. The molecule has 7 heteroatoms. The maximum absolute atomic E-state index is 13.6. The molecule has 2 aromatic rings. The number of rotatable bonds is 4. The molecule has 2 rings (SSSR count). The molecule has 0 radical (unpaired) electrons. The predicted molar refractivity (Wildman–Crippen MR) is 66.6 cm³/mol. The van der Waals surface area contributed by atoms with Crippen LogP contribution in [0.25, 0.3) is 0 Å². The van der Waals surface area contributed by atoms with Crippen molar-refractivity contribution in [1.82, 2.24) is 0 Å². The molecule has 0 saturated heterocycles. The average Bonchev–Trinajstić information content (AvgIpc) is 2.88. The molecule has 0 unspecified atom stereocenters. The fraction of sp³-hybridized carbons (Fsp3) is 0.167. The van der Waals surface area contributed by atoms with Crippen LogP contribution in [0.4, 0.5) is 10.1 Å². The number of furan rings is 1. The number of benzene rings is 1. The van der Waals surface area contributed by atoms with Crippen LogP contribution in [-0.4, -0.2) is 20.6 Å². The summed E-state index contributed by atoms with van der Waals surface area (Å²) < 4.78 is 43.7. The Morgan fingerprint density at radius 3 is 2.53 bits per heavy atom. The highest BCUT2D eigenvalue weighted by Crippen LogP contribution is 2.25. The van der Waals surface area contributed by atoms with Gasteiger partial charge in [-0.1, -0.05) is 12.1 Å². The van der Waals surface area contributed by atoms with E-state index in [-0.39, 0.29) is 16.5 Å². The summed E-state index contributed by atoms with van der Waals surface area (Å²) in [6.45, 7) is -0.404. The number of hydrogen-bond acceptors (Lipinski definition) is 4. The van der Waals surface area contributed by atoms with E-state index in [4.69, 9.17) is 9.52 Å². The normalized spacial score (nSPS) is 11.5. The van der Waals surface area contributed by atoms with Gasteiger partial charge in [-0.3, -0.25) is 4.31 Å². The summed E-state index contributed by atoms with van der Waals surface area (Å²) in [7, 11) is -2.76. The summed E-state index contributed by atoms with van der Waals surface area (Å²) in [5, 5.41) is 8.51. The number of halogens is 1. The Kier molecular flexibility index (Phi) is 3.59. The molecule has 0 spiro atoms. The lowest BCUT2D eigenvalue weighted by Crippen LogP contribution is -2.27. The van der Waals surface area contributed by atoms with Crippen LogP contribution >= 0.6 is 0 Å². The number of hydrogen-bond donors (Lipinski definition) is 1. The molecule has 0 saturated carbocycles. The molecule has 0 aliphatic heterocycles. The second kappa shape index (κ2) is 5.02. The van der Waals surface area contributed by atoms with E-state index >= 15 is 0 Å². The van der Waals surface area contributed by atoms with Gasteiger partial charge in [0.15, 0.2) is 0 Å². The van der Waals surface area contributed by atoms with Crippen LogP contribution < -0.4 is 4.31 Å². The Morgan fingerprint density at radius 1 is 1.26 bits per heavy atom. The van der Waals surface area contributed by atoms with Crippen molar-refractivity contribution in [1.29, 1.82) is 0 Å². The van der Waals surface area contributed by atoms with Gasteiger partial charge in [0.05, 0.1) is 5.69 Å². The monoisotopic (exact) mass is 285 g/mol. The van der Waals surface area contributed by atoms with Gasteiger partial charge in [0.25, 0.3) is 10.0 Å². The molecule has 0 amide bonds.